The van der Waals surface area contributed by atoms with Gasteiger partial charge in [-0.3, -0.25) is 4.90 Å². The van der Waals surface area contributed by atoms with Crippen LogP contribution >= 0.6 is 0 Å². The van der Waals surface area contributed by atoms with Gasteiger partial charge in [0.2, 0.25) is 0 Å². The number of hydrogen-bond acceptors (Lipinski definition) is 2. The Morgan fingerprint density at radius 2 is 1.72 bits per heavy atom. The molecular formula is C16H34N2. The number of nitrogens with zero attached hydrogens (tertiary/aromatic N) is 1. The van der Waals surface area contributed by atoms with Crippen molar-refractivity contribution >= 4 is 0 Å². The molecule has 0 radical (unpaired) electrons. The fourth-order valence-corrected chi connectivity index (χ4v) is 3.26. The highest BCUT2D eigenvalue weighted by Crippen LogP contribution is 2.25. The van der Waals surface area contributed by atoms with Crippen LogP contribution in [0.25, 0.3) is 0 Å². The van der Waals surface area contributed by atoms with Crippen LogP contribution in [0.15, 0.2) is 0 Å². The van der Waals surface area contributed by atoms with Gasteiger partial charge in [0.25, 0.3) is 0 Å². The predicted molar refractivity (Wildman–Crippen MR) is 81.0 cm³/mol. The van der Waals surface area contributed by atoms with E-state index in [2.05, 4.69) is 44.8 Å². The zero-order valence-electron chi connectivity index (χ0n) is 13.3. The third-order valence-corrected chi connectivity index (χ3v) is 5.21. The van der Waals surface area contributed by atoms with Gasteiger partial charge >= 0.3 is 0 Å². The molecule has 1 fully saturated rings. The monoisotopic (exact) mass is 254 g/mol. The maximum atomic E-state index is 3.83. The van der Waals surface area contributed by atoms with Crippen molar-refractivity contribution in [3.63, 3.8) is 0 Å². The molecule has 1 N–H and O–H groups in total. The Morgan fingerprint density at radius 3 is 2.17 bits per heavy atom. The molecule has 0 aromatic rings. The van der Waals surface area contributed by atoms with Gasteiger partial charge in [-0.05, 0) is 25.2 Å². The summed E-state index contributed by atoms with van der Waals surface area (Å²) in [6.07, 6.45) is 6.42. The van der Waals surface area contributed by atoms with Gasteiger partial charge in [0, 0.05) is 31.2 Å². The van der Waals surface area contributed by atoms with Crippen molar-refractivity contribution in [2.24, 2.45) is 5.92 Å². The van der Waals surface area contributed by atoms with E-state index in [4.69, 9.17) is 0 Å². The van der Waals surface area contributed by atoms with Crippen LogP contribution in [-0.4, -0.2) is 36.1 Å². The molecule has 0 spiro atoms. The number of rotatable bonds is 7. The van der Waals surface area contributed by atoms with Crippen molar-refractivity contribution < 1.29 is 0 Å². The molecule has 0 bridgehead atoms. The average Bonchev–Trinajstić information content (AvgIpc) is 2.44. The predicted octanol–water partition coefficient (Wildman–Crippen LogP) is 3.67. The molecule has 1 aliphatic rings. The van der Waals surface area contributed by atoms with E-state index in [9.17, 15) is 0 Å². The lowest BCUT2D eigenvalue weighted by atomic mass is 9.87. The summed E-state index contributed by atoms with van der Waals surface area (Å²) in [5.41, 5.74) is 0.373. The van der Waals surface area contributed by atoms with Crippen LogP contribution < -0.4 is 5.32 Å². The summed E-state index contributed by atoms with van der Waals surface area (Å²) in [4.78, 5) is 2.78. The molecule has 1 aliphatic heterocycles. The molecule has 1 heterocycles. The van der Waals surface area contributed by atoms with Crippen molar-refractivity contribution in [2.75, 3.05) is 19.6 Å². The Labute approximate surface area is 115 Å². The fourth-order valence-electron chi connectivity index (χ4n) is 3.26. The summed E-state index contributed by atoms with van der Waals surface area (Å²) in [7, 11) is 0. The van der Waals surface area contributed by atoms with Gasteiger partial charge in [-0.15, -0.1) is 0 Å². The van der Waals surface area contributed by atoms with E-state index < -0.39 is 0 Å². The van der Waals surface area contributed by atoms with E-state index in [0.29, 0.717) is 5.54 Å². The van der Waals surface area contributed by atoms with Gasteiger partial charge < -0.3 is 5.32 Å². The molecule has 108 valence electrons. The van der Waals surface area contributed by atoms with Crippen molar-refractivity contribution in [1.82, 2.24) is 10.2 Å². The lowest BCUT2D eigenvalue weighted by Crippen LogP contribution is -2.64. The second-order valence-corrected chi connectivity index (χ2v) is 6.04. The summed E-state index contributed by atoms with van der Waals surface area (Å²) in [6.45, 7) is 15.4. The Bertz CT molecular complexity index is 219. The van der Waals surface area contributed by atoms with Crippen molar-refractivity contribution in [3.8, 4) is 0 Å². The first-order valence-corrected chi connectivity index (χ1v) is 8.13. The first-order chi connectivity index (χ1) is 8.64. The van der Waals surface area contributed by atoms with Gasteiger partial charge in [-0.25, -0.2) is 0 Å². The molecule has 0 aliphatic carbocycles. The van der Waals surface area contributed by atoms with E-state index >= 15 is 0 Å². The maximum absolute atomic E-state index is 3.83. The minimum Gasteiger partial charge on any atom is -0.308 e. The van der Waals surface area contributed by atoms with Gasteiger partial charge in [-0.2, -0.15) is 0 Å². The molecule has 0 amide bonds. The Kier molecular flexibility index (Phi) is 6.65. The highest BCUT2D eigenvalue weighted by atomic mass is 15.3. The van der Waals surface area contributed by atoms with Gasteiger partial charge in [-0.1, -0.05) is 47.5 Å². The third kappa shape index (κ3) is 3.71. The zero-order chi connectivity index (χ0) is 13.6. The summed E-state index contributed by atoms with van der Waals surface area (Å²) in [5, 5.41) is 3.83. The van der Waals surface area contributed by atoms with E-state index in [1.165, 1.54) is 51.7 Å². The van der Waals surface area contributed by atoms with Crippen LogP contribution in [0, 0.1) is 5.92 Å². The van der Waals surface area contributed by atoms with E-state index in [-0.39, 0.29) is 0 Å². The minimum absolute atomic E-state index is 0.373. The Balaban J connectivity index is 2.69. The molecule has 1 unspecified atom stereocenters. The largest absolute Gasteiger partial charge is 0.308 e. The van der Waals surface area contributed by atoms with Crippen LogP contribution in [0.3, 0.4) is 0 Å². The first kappa shape index (κ1) is 16.0. The second kappa shape index (κ2) is 7.49. The van der Waals surface area contributed by atoms with Gasteiger partial charge in [0.15, 0.2) is 0 Å². The number of hydrogen-bond donors (Lipinski definition) is 1. The molecule has 18 heavy (non-hydrogen) atoms. The van der Waals surface area contributed by atoms with Gasteiger partial charge in [0.05, 0.1) is 0 Å². The molecule has 2 heteroatoms. The number of nitrogens with one attached hydrogen (secondary N) is 1. The number of piperazine rings is 1. The van der Waals surface area contributed by atoms with Gasteiger partial charge in [0.1, 0.15) is 0 Å². The third-order valence-electron chi connectivity index (χ3n) is 5.21. The van der Waals surface area contributed by atoms with Crippen molar-refractivity contribution in [1.29, 1.82) is 0 Å². The summed E-state index contributed by atoms with van der Waals surface area (Å²) >= 11 is 0. The summed E-state index contributed by atoms with van der Waals surface area (Å²) < 4.78 is 0. The quantitative estimate of drug-likeness (QED) is 0.746. The summed E-state index contributed by atoms with van der Waals surface area (Å²) in [5.74, 6) is 0.878. The zero-order valence-corrected chi connectivity index (χ0v) is 13.3. The van der Waals surface area contributed by atoms with Crippen LogP contribution in [0.5, 0.6) is 0 Å². The van der Waals surface area contributed by atoms with Crippen LogP contribution in [0.4, 0.5) is 0 Å². The van der Waals surface area contributed by atoms with Crippen molar-refractivity contribution in [2.45, 2.75) is 78.3 Å². The lowest BCUT2D eigenvalue weighted by molar-refractivity contribution is 0.0560. The first-order valence-electron chi connectivity index (χ1n) is 8.13. The average molecular weight is 254 g/mol. The molecule has 1 rings (SSSR count). The molecule has 0 aromatic carbocycles. The van der Waals surface area contributed by atoms with Crippen LogP contribution in [0.1, 0.15) is 66.7 Å². The summed E-state index contributed by atoms with van der Waals surface area (Å²) in [6, 6.07) is 0.747. The lowest BCUT2D eigenvalue weighted by Gasteiger charge is -2.48. The molecule has 2 nitrogen and oxygen atoms in total. The SMILES string of the molecule is CCC(CC)CN1CC(CC)(CC)NCC1CC. The van der Waals surface area contributed by atoms with E-state index in [1.807, 2.05) is 0 Å². The highest BCUT2D eigenvalue weighted by Gasteiger charge is 2.36. The normalized spacial score (nSPS) is 24.7. The van der Waals surface area contributed by atoms with E-state index in [0.717, 1.165) is 12.0 Å². The maximum Gasteiger partial charge on any atom is 0.0304 e. The topological polar surface area (TPSA) is 15.3 Å². The second-order valence-electron chi connectivity index (χ2n) is 6.04. The van der Waals surface area contributed by atoms with Crippen LogP contribution in [0.2, 0.25) is 0 Å². The van der Waals surface area contributed by atoms with E-state index in [1.54, 1.807) is 0 Å². The molecule has 1 saturated heterocycles. The fraction of sp³-hybridized carbons (Fsp3) is 1.00. The molecule has 0 aromatic heterocycles. The van der Waals surface area contributed by atoms with Crippen LogP contribution in [-0.2, 0) is 0 Å². The molecular weight excluding hydrogens is 220 g/mol. The molecule has 0 saturated carbocycles. The standard InChI is InChI=1S/C16H34N2/c1-6-14(7-2)12-18-13-16(9-4,10-5)17-11-15(18)8-3/h14-15,17H,6-13H2,1-5H3. The Hall–Kier alpha value is -0.0800. The highest BCUT2D eigenvalue weighted by molar-refractivity contribution is 4.96. The molecule has 1 atom stereocenters. The minimum atomic E-state index is 0.373. The van der Waals surface area contributed by atoms with Crippen molar-refractivity contribution in [3.05, 3.63) is 0 Å². The Morgan fingerprint density at radius 1 is 1.11 bits per heavy atom. The smallest absolute Gasteiger partial charge is 0.0304 e.